The van der Waals surface area contributed by atoms with E-state index < -0.39 is 0 Å². The molecular formula is C22H25N3O3. The molecule has 4 rings (SSSR count). The van der Waals surface area contributed by atoms with Gasteiger partial charge < -0.3 is 19.8 Å². The van der Waals surface area contributed by atoms with Gasteiger partial charge in [-0.05, 0) is 17.7 Å². The largest absolute Gasteiger partial charge is 0.506 e. The van der Waals surface area contributed by atoms with E-state index in [4.69, 9.17) is 0 Å². The van der Waals surface area contributed by atoms with Gasteiger partial charge in [0.25, 0.3) is 0 Å². The molecule has 2 aliphatic rings. The van der Waals surface area contributed by atoms with E-state index >= 15 is 0 Å². The van der Waals surface area contributed by atoms with Crippen LogP contribution in [0.3, 0.4) is 0 Å². The molecule has 0 saturated carbocycles. The van der Waals surface area contributed by atoms with Crippen molar-refractivity contribution in [2.75, 3.05) is 37.6 Å². The Balaban J connectivity index is 1.33. The summed E-state index contributed by atoms with van der Waals surface area (Å²) in [5.74, 6) is 0.129. The SMILES string of the molecule is O=C1C[C@@H](C(=O)N2CCN(c3ccccc3O)CC2)CN1Cc1ccccc1. The fourth-order valence-electron chi connectivity index (χ4n) is 4.05. The molecule has 6 nitrogen and oxygen atoms in total. The van der Waals surface area contributed by atoms with Crippen molar-refractivity contribution in [1.29, 1.82) is 0 Å². The highest BCUT2D eigenvalue weighted by Gasteiger charge is 2.37. The van der Waals surface area contributed by atoms with Gasteiger partial charge in [0.2, 0.25) is 11.8 Å². The molecule has 146 valence electrons. The van der Waals surface area contributed by atoms with E-state index in [2.05, 4.69) is 4.90 Å². The van der Waals surface area contributed by atoms with E-state index in [1.165, 1.54) is 0 Å². The van der Waals surface area contributed by atoms with Gasteiger partial charge in [0, 0.05) is 45.7 Å². The number of benzene rings is 2. The van der Waals surface area contributed by atoms with E-state index in [-0.39, 0.29) is 23.5 Å². The van der Waals surface area contributed by atoms with E-state index in [0.717, 1.165) is 11.3 Å². The van der Waals surface area contributed by atoms with E-state index in [1.54, 1.807) is 17.0 Å². The van der Waals surface area contributed by atoms with Crippen molar-refractivity contribution in [2.45, 2.75) is 13.0 Å². The molecule has 2 aromatic rings. The average Bonchev–Trinajstić information content (AvgIpc) is 3.09. The number of piperazine rings is 1. The van der Waals surface area contributed by atoms with Crippen LogP contribution < -0.4 is 4.90 Å². The summed E-state index contributed by atoms with van der Waals surface area (Å²) in [6.45, 7) is 3.62. The predicted octanol–water partition coefficient (Wildman–Crippen LogP) is 2.09. The van der Waals surface area contributed by atoms with Crippen LogP contribution in [0.4, 0.5) is 5.69 Å². The molecule has 2 aromatic carbocycles. The molecular weight excluding hydrogens is 354 g/mol. The van der Waals surface area contributed by atoms with Gasteiger partial charge in [0.05, 0.1) is 11.6 Å². The zero-order valence-electron chi connectivity index (χ0n) is 15.8. The van der Waals surface area contributed by atoms with Crippen molar-refractivity contribution in [2.24, 2.45) is 5.92 Å². The lowest BCUT2D eigenvalue weighted by Crippen LogP contribution is -2.50. The number of para-hydroxylation sites is 2. The molecule has 0 bridgehead atoms. The Morgan fingerprint density at radius 1 is 0.964 bits per heavy atom. The van der Waals surface area contributed by atoms with Crippen molar-refractivity contribution in [3.8, 4) is 5.75 Å². The topological polar surface area (TPSA) is 64.1 Å². The molecule has 6 heteroatoms. The van der Waals surface area contributed by atoms with Crippen LogP contribution in [0.25, 0.3) is 0 Å². The number of nitrogens with zero attached hydrogens (tertiary/aromatic N) is 3. The molecule has 0 spiro atoms. The third-order valence-electron chi connectivity index (χ3n) is 5.59. The molecule has 2 amide bonds. The van der Waals surface area contributed by atoms with E-state index in [0.29, 0.717) is 45.7 Å². The van der Waals surface area contributed by atoms with Gasteiger partial charge in [-0.3, -0.25) is 9.59 Å². The molecule has 0 radical (unpaired) electrons. The van der Waals surface area contributed by atoms with Gasteiger partial charge >= 0.3 is 0 Å². The fraction of sp³-hybridized carbons (Fsp3) is 0.364. The van der Waals surface area contributed by atoms with Crippen molar-refractivity contribution in [3.63, 3.8) is 0 Å². The maximum absolute atomic E-state index is 12.9. The minimum atomic E-state index is -0.257. The first-order valence-electron chi connectivity index (χ1n) is 9.75. The normalized spacial score (nSPS) is 19.9. The summed E-state index contributed by atoms with van der Waals surface area (Å²) in [6.07, 6.45) is 0.297. The number of amides is 2. The molecule has 0 aliphatic carbocycles. The average molecular weight is 379 g/mol. The summed E-state index contributed by atoms with van der Waals surface area (Å²) in [5, 5.41) is 10.0. The first-order chi connectivity index (χ1) is 13.6. The lowest BCUT2D eigenvalue weighted by molar-refractivity contribution is -0.136. The zero-order chi connectivity index (χ0) is 19.5. The standard InChI is InChI=1S/C22H25N3O3/c26-20-9-5-4-8-19(20)23-10-12-24(13-11-23)22(28)18-14-21(27)25(16-18)15-17-6-2-1-3-7-17/h1-9,18,26H,10-16H2/t18-/m1/s1. The molecule has 1 N–H and O–H groups in total. The highest BCUT2D eigenvalue weighted by atomic mass is 16.3. The second kappa shape index (κ2) is 7.92. The number of phenolic OH excluding ortho intramolecular Hbond substituents is 1. The van der Waals surface area contributed by atoms with Gasteiger partial charge in [0.15, 0.2) is 0 Å². The van der Waals surface area contributed by atoms with Gasteiger partial charge in [-0.15, -0.1) is 0 Å². The van der Waals surface area contributed by atoms with Crippen LogP contribution in [-0.4, -0.2) is 59.4 Å². The van der Waals surface area contributed by atoms with Gasteiger partial charge in [-0.2, -0.15) is 0 Å². The molecule has 0 unspecified atom stereocenters. The second-order valence-electron chi connectivity index (χ2n) is 7.46. The minimum Gasteiger partial charge on any atom is -0.506 e. The molecule has 2 heterocycles. The number of phenols is 1. The van der Waals surface area contributed by atoms with Crippen LogP contribution in [0, 0.1) is 5.92 Å². The lowest BCUT2D eigenvalue weighted by atomic mass is 10.1. The Hall–Kier alpha value is -3.02. The van der Waals surface area contributed by atoms with E-state index in [9.17, 15) is 14.7 Å². The van der Waals surface area contributed by atoms with Gasteiger partial charge in [0.1, 0.15) is 5.75 Å². The van der Waals surface area contributed by atoms with Crippen LogP contribution in [-0.2, 0) is 16.1 Å². The number of carbonyl (C=O) groups is 2. The molecule has 2 aliphatic heterocycles. The summed E-state index contributed by atoms with van der Waals surface area (Å²) in [6, 6.07) is 17.2. The Morgan fingerprint density at radius 3 is 2.36 bits per heavy atom. The third kappa shape index (κ3) is 3.81. The summed E-state index contributed by atoms with van der Waals surface area (Å²) in [7, 11) is 0. The molecule has 0 aromatic heterocycles. The van der Waals surface area contributed by atoms with E-state index in [1.807, 2.05) is 47.4 Å². The Morgan fingerprint density at radius 2 is 1.64 bits per heavy atom. The van der Waals surface area contributed by atoms with Crippen molar-refractivity contribution in [1.82, 2.24) is 9.80 Å². The summed E-state index contributed by atoms with van der Waals surface area (Å²) in [5.41, 5.74) is 1.89. The minimum absolute atomic E-state index is 0.0510. The first kappa shape index (κ1) is 18.3. The second-order valence-corrected chi connectivity index (χ2v) is 7.46. The van der Waals surface area contributed by atoms with Gasteiger partial charge in [-0.25, -0.2) is 0 Å². The Labute approximate surface area is 165 Å². The van der Waals surface area contributed by atoms with Gasteiger partial charge in [-0.1, -0.05) is 42.5 Å². The van der Waals surface area contributed by atoms with Crippen LogP contribution in [0.2, 0.25) is 0 Å². The highest BCUT2D eigenvalue weighted by molar-refractivity contribution is 5.89. The van der Waals surface area contributed by atoms with Crippen LogP contribution in [0.1, 0.15) is 12.0 Å². The Kier molecular flexibility index (Phi) is 5.19. The molecule has 2 fully saturated rings. The Bertz CT molecular complexity index is 847. The van der Waals surface area contributed by atoms with Crippen molar-refractivity contribution < 1.29 is 14.7 Å². The first-order valence-corrected chi connectivity index (χ1v) is 9.75. The molecule has 2 saturated heterocycles. The number of hydrogen-bond donors (Lipinski definition) is 1. The number of rotatable bonds is 4. The fourth-order valence-corrected chi connectivity index (χ4v) is 4.05. The maximum Gasteiger partial charge on any atom is 0.228 e. The van der Waals surface area contributed by atoms with Crippen molar-refractivity contribution in [3.05, 3.63) is 60.2 Å². The van der Waals surface area contributed by atoms with Crippen LogP contribution >= 0.6 is 0 Å². The smallest absolute Gasteiger partial charge is 0.228 e. The number of hydrogen-bond acceptors (Lipinski definition) is 4. The summed E-state index contributed by atoms with van der Waals surface area (Å²) < 4.78 is 0. The number of carbonyl (C=O) groups excluding carboxylic acids is 2. The lowest BCUT2D eigenvalue weighted by Gasteiger charge is -2.37. The predicted molar refractivity (Wildman–Crippen MR) is 107 cm³/mol. The summed E-state index contributed by atoms with van der Waals surface area (Å²) in [4.78, 5) is 31.1. The summed E-state index contributed by atoms with van der Waals surface area (Å²) >= 11 is 0. The van der Waals surface area contributed by atoms with Crippen molar-refractivity contribution >= 4 is 17.5 Å². The maximum atomic E-state index is 12.9. The molecule has 1 atom stereocenters. The highest BCUT2D eigenvalue weighted by Crippen LogP contribution is 2.28. The monoisotopic (exact) mass is 379 g/mol. The van der Waals surface area contributed by atoms with Crippen LogP contribution in [0.5, 0.6) is 5.75 Å². The molecule has 28 heavy (non-hydrogen) atoms. The zero-order valence-corrected chi connectivity index (χ0v) is 15.8. The number of likely N-dealkylation sites (tertiary alicyclic amines) is 1. The quantitative estimate of drug-likeness (QED) is 0.884. The van der Waals surface area contributed by atoms with Crippen LogP contribution in [0.15, 0.2) is 54.6 Å². The number of aromatic hydroxyl groups is 1. The third-order valence-corrected chi connectivity index (χ3v) is 5.59. The number of anilines is 1.